The Labute approximate surface area is 119 Å². The minimum atomic E-state index is -0.518. The Bertz CT molecular complexity index is 513. The van der Waals surface area contributed by atoms with Crippen molar-refractivity contribution >= 4 is 6.09 Å². The van der Waals surface area contributed by atoms with Crippen molar-refractivity contribution < 1.29 is 14.3 Å². The van der Waals surface area contributed by atoms with Crippen molar-refractivity contribution in [2.45, 2.75) is 33.3 Å². The fourth-order valence-corrected chi connectivity index (χ4v) is 1.47. The molecule has 1 N–H and O–H groups in total. The van der Waals surface area contributed by atoms with Gasteiger partial charge in [-0.15, -0.1) is 0 Å². The SMILES string of the molecule is Cc1ccc(C#N)c(OCCNC(=O)OC(C)(C)C)c1. The molecular weight excluding hydrogens is 256 g/mol. The van der Waals surface area contributed by atoms with E-state index in [1.165, 1.54) is 0 Å². The van der Waals surface area contributed by atoms with E-state index in [9.17, 15) is 4.79 Å². The maximum Gasteiger partial charge on any atom is 0.407 e. The first kappa shape index (κ1) is 15.8. The van der Waals surface area contributed by atoms with Crippen LogP contribution in [0.25, 0.3) is 0 Å². The number of nitrogens with one attached hydrogen (secondary N) is 1. The Kier molecular flexibility index (Phi) is 5.39. The van der Waals surface area contributed by atoms with Crippen LogP contribution in [0.3, 0.4) is 0 Å². The number of nitriles is 1. The summed E-state index contributed by atoms with van der Waals surface area (Å²) in [5, 5.41) is 11.6. The zero-order chi connectivity index (χ0) is 15.2. The van der Waals surface area contributed by atoms with E-state index < -0.39 is 11.7 Å². The fourth-order valence-electron chi connectivity index (χ4n) is 1.47. The van der Waals surface area contributed by atoms with Crippen LogP contribution in [0, 0.1) is 18.3 Å². The molecule has 0 saturated heterocycles. The molecule has 0 bridgehead atoms. The second-order valence-corrected chi connectivity index (χ2v) is 5.39. The lowest BCUT2D eigenvalue weighted by Gasteiger charge is -2.19. The van der Waals surface area contributed by atoms with Crippen molar-refractivity contribution in [2.24, 2.45) is 0 Å². The molecular formula is C15H20N2O3. The highest BCUT2D eigenvalue weighted by atomic mass is 16.6. The van der Waals surface area contributed by atoms with Crippen molar-refractivity contribution in [2.75, 3.05) is 13.2 Å². The summed E-state index contributed by atoms with van der Waals surface area (Å²) in [4.78, 5) is 11.4. The van der Waals surface area contributed by atoms with Crippen LogP contribution in [-0.4, -0.2) is 24.8 Å². The van der Waals surface area contributed by atoms with Crippen LogP contribution in [-0.2, 0) is 4.74 Å². The fraction of sp³-hybridized carbons (Fsp3) is 0.467. The third-order valence-corrected chi connectivity index (χ3v) is 2.29. The molecule has 0 aromatic heterocycles. The Morgan fingerprint density at radius 1 is 1.40 bits per heavy atom. The molecule has 0 radical (unpaired) electrons. The zero-order valence-electron chi connectivity index (χ0n) is 12.3. The quantitative estimate of drug-likeness (QED) is 0.858. The Balaban J connectivity index is 2.40. The molecule has 108 valence electrons. The minimum Gasteiger partial charge on any atom is -0.490 e. The average molecular weight is 276 g/mol. The summed E-state index contributed by atoms with van der Waals surface area (Å²) in [5.74, 6) is 0.526. The van der Waals surface area contributed by atoms with Crippen LogP contribution in [0.15, 0.2) is 18.2 Å². The monoisotopic (exact) mass is 276 g/mol. The van der Waals surface area contributed by atoms with Gasteiger partial charge in [-0.3, -0.25) is 0 Å². The molecule has 1 aromatic carbocycles. The molecule has 0 heterocycles. The number of nitrogens with zero attached hydrogens (tertiary/aromatic N) is 1. The molecule has 1 amide bonds. The number of carbonyl (C=O) groups excluding carboxylic acids is 1. The molecule has 0 aliphatic carbocycles. The van der Waals surface area contributed by atoms with Crippen molar-refractivity contribution in [1.29, 1.82) is 5.26 Å². The van der Waals surface area contributed by atoms with Crippen molar-refractivity contribution in [3.05, 3.63) is 29.3 Å². The lowest BCUT2D eigenvalue weighted by atomic mass is 10.1. The van der Waals surface area contributed by atoms with E-state index in [1.54, 1.807) is 32.9 Å². The Morgan fingerprint density at radius 3 is 2.70 bits per heavy atom. The van der Waals surface area contributed by atoms with Crippen LogP contribution in [0.4, 0.5) is 4.79 Å². The second kappa shape index (κ2) is 6.80. The smallest absolute Gasteiger partial charge is 0.407 e. The van der Waals surface area contributed by atoms with E-state index >= 15 is 0 Å². The third kappa shape index (κ3) is 5.61. The van der Waals surface area contributed by atoms with E-state index in [2.05, 4.69) is 11.4 Å². The van der Waals surface area contributed by atoms with Gasteiger partial charge in [-0.2, -0.15) is 5.26 Å². The first-order valence-electron chi connectivity index (χ1n) is 6.42. The first-order chi connectivity index (χ1) is 9.31. The van der Waals surface area contributed by atoms with Gasteiger partial charge < -0.3 is 14.8 Å². The first-order valence-corrected chi connectivity index (χ1v) is 6.42. The molecule has 5 nitrogen and oxygen atoms in total. The number of aryl methyl sites for hydroxylation is 1. The number of alkyl carbamates (subject to hydrolysis) is 1. The van der Waals surface area contributed by atoms with Gasteiger partial charge in [-0.1, -0.05) is 6.07 Å². The number of rotatable bonds is 4. The number of hydrogen-bond donors (Lipinski definition) is 1. The number of ether oxygens (including phenoxy) is 2. The number of carbonyl (C=O) groups is 1. The zero-order valence-corrected chi connectivity index (χ0v) is 12.3. The average Bonchev–Trinajstić information content (AvgIpc) is 2.33. The van der Waals surface area contributed by atoms with Gasteiger partial charge in [0.05, 0.1) is 12.1 Å². The number of hydrogen-bond acceptors (Lipinski definition) is 4. The van der Waals surface area contributed by atoms with Crippen molar-refractivity contribution in [3.8, 4) is 11.8 Å². The molecule has 0 aliphatic rings. The standard InChI is InChI=1S/C15H20N2O3/c1-11-5-6-12(10-16)13(9-11)19-8-7-17-14(18)20-15(2,3)4/h5-6,9H,7-8H2,1-4H3,(H,17,18). The summed E-state index contributed by atoms with van der Waals surface area (Å²) in [6, 6.07) is 7.43. The molecule has 1 rings (SSSR count). The summed E-state index contributed by atoms with van der Waals surface area (Å²) in [5.41, 5.74) is 0.974. The molecule has 5 heteroatoms. The molecule has 0 spiro atoms. The van der Waals surface area contributed by atoms with Gasteiger partial charge in [0.2, 0.25) is 0 Å². The topological polar surface area (TPSA) is 71.3 Å². The molecule has 0 atom stereocenters. The maximum atomic E-state index is 11.4. The summed E-state index contributed by atoms with van der Waals surface area (Å²) in [6.07, 6.45) is -0.481. The van der Waals surface area contributed by atoms with Gasteiger partial charge in [-0.25, -0.2) is 4.79 Å². The predicted octanol–water partition coefficient (Wildman–Crippen LogP) is 2.77. The van der Waals surface area contributed by atoms with Crippen molar-refractivity contribution in [1.82, 2.24) is 5.32 Å². The number of benzene rings is 1. The van der Waals surface area contributed by atoms with Gasteiger partial charge in [0.15, 0.2) is 0 Å². The molecule has 0 aliphatic heterocycles. The normalized spacial score (nSPS) is 10.6. The van der Waals surface area contributed by atoms with E-state index in [-0.39, 0.29) is 6.61 Å². The van der Waals surface area contributed by atoms with Crippen LogP contribution >= 0.6 is 0 Å². The van der Waals surface area contributed by atoms with Crippen LogP contribution in [0.2, 0.25) is 0 Å². The molecule has 0 unspecified atom stereocenters. The lowest BCUT2D eigenvalue weighted by molar-refractivity contribution is 0.0520. The van der Waals surface area contributed by atoms with Crippen LogP contribution in [0.1, 0.15) is 31.9 Å². The summed E-state index contributed by atoms with van der Waals surface area (Å²) < 4.78 is 10.6. The molecule has 20 heavy (non-hydrogen) atoms. The summed E-state index contributed by atoms with van der Waals surface area (Å²) in [7, 11) is 0. The van der Waals surface area contributed by atoms with Crippen LogP contribution < -0.4 is 10.1 Å². The predicted molar refractivity (Wildman–Crippen MR) is 75.6 cm³/mol. The Morgan fingerprint density at radius 2 is 2.10 bits per heavy atom. The van der Waals surface area contributed by atoms with E-state index in [4.69, 9.17) is 14.7 Å². The van der Waals surface area contributed by atoms with E-state index in [0.717, 1.165) is 5.56 Å². The molecule has 0 fully saturated rings. The van der Waals surface area contributed by atoms with E-state index in [1.807, 2.05) is 13.0 Å². The maximum absolute atomic E-state index is 11.4. The Hall–Kier alpha value is -2.22. The van der Waals surface area contributed by atoms with Gasteiger partial charge in [0, 0.05) is 0 Å². The van der Waals surface area contributed by atoms with Gasteiger partial charge in [0.25, 0.3) is 0 Å². The molecule has 1 aromatic rings. The van der Waals surface area contributed by atoms with Gasteiger partial charge >= 0.3 is 6.09 Å². The highest BCUT2D eigenvalue weighted by Gasteiger charge is 2.15. The lowest BCUT2D eigenvalue weighted by Crippen LogP contribution is -2.34. The summed E-state index contributed by atoms with van der Waals surface area (Å²) >= 11 is 0. The largest absolute Gasteiger partial charge is 0.490 e. The molecule has 0 saturated carbocycles. The van der Waals surface area contributed by atoms with Gasteiger partial charge in [0.1, 0.15) is 24.0 Å². The number of amides is 1. The van der Waals surface area contributed by atoms with Crippen molar-refractivity contribution in [3.63, 3.8) is 0 Å². The summed E-state index contributed by atoms with van der Waals surface area (Å²) in [6.45, 7) is 7.91. The minimum absolute atomic E-state index is 0.275. The highest BCUT2D eigenvalue weighted by molar-refractivity contribution is 5.67. The second-order valence-electron chi connectivity index (χ2n) is 5.39. The van der Waals surface area contributed by atoms with Crippen LogP contribution in [0.5, 0.6) is 5.75 Å². The van der Waals surface area contributed by atoms with E-state index in [0.29, 0.717) is 17.9 Å². The third-order valence-electron chi connectivity index (χ3n) is 2.29. The van der Waals surface area contributed by atoms with Gasteiger partial charge in [-0.05, 0) is 45.4 Å². The highest BCUT2D eigenvalue weighted by Crippen LogP contribution is 2.19.